The van der Waals surface area contributed by atoms with Gasteiger partial charge in [0, 0.05) is 64.6 Å². The third-order valence-electron chi connectivity index (χ3n) is 5.67. The maximum atomic E-state index is 11.8. The van der Waals surface area contributed by atoms with Crippen LogP contribution in [0.15, 0.2) is 12.4 Å². The Balaban J connectivity index is 1.29. The van der Waals surface area contributed by atoms with E-state index < -0.39 is 0 Å². The molecule has 0 aliphatic carbocycles. The smallest absolute Gasteiger partial charge is 0.222 e. The van der Waals surface area contributed by atoms with E-state index in [2.05, 4.69) is 16.2 Å². The van der Waals surface area contributed by atoms with E-state index >= 15 is 0 Å². The summed E-state index contributed by atoms with van der Waals surface area (Å²) >= 11 is 0. The molecule has 0 unspecified atom stereocenters. The number of ether oxygens (including phenoxy) is 1. The zero-order valence-corrected chi connectivity index (χ0v) is 13.9. The van der Waals surface area contributed by atoms with Gasteiger partial charge in [-0.1, -0.05) is 0 Å². The molecule has 0 radical (unpaired) electrons. The van der Waals surface area contributed by atoms with Gasteiger partial charge >= 0.3 is 0 Å². The molecule has 126 valence electrons. The first-order valence-electron chi connectivity index (χ1n) is 8.76. The van der Waals surface area contributed by atoms with E-state index in [1.54, 1.807) is 0 Å². The minimum atomic E-state index is 0.0466. The van der Waals surface area contributed by atoms with Crippen LogP contribution in [0.4, 0.5) is 0 Å². The zero-order chi connectivity index (χ0) is 15.9. The summed E-state index contributed by atoms with van der Waals surface area (Å²) in [7, 11) is 1.96. The lowest BCUT2D eigenvalue weighted by atomic mass is 9.78. The van der Waals surface area contributed by atoms with Crippen LogP contribution in [0.25, 0.3) is 0 Å². The largest absolute Gasteiger partial charge is 0.372 e. The maximum Gasteiger partial charge on any atom is 0.222 e. The highest BCUT2D eigenvalue weighted by molar-refractivity contribution is 5.77. The Hall–Kier alpha value is -1.40. The molecular formula is C17H26N4O2. The van der Waals surface area contributed by atoms with Crippen LogP contribution in [-0.2, 0) is 23.1 Å². The minimum absolute atomic E-state index is 0.0466. The van der Waals surface area contributed by atoms with Crippen LogP contribution in [0, 0.1) is 5.92 Å². The highest BCUT2D eigenvalue weighted by Crippen LogP contribution is 2.42. The van der Waals surface area contributed by atoms with Gasteiger partial charge in [-0.3, -0.25) is 14.4 Å². The van der Waals surface area contributed by atoms with Gasteiger partial charge in [-0.25, -0.2) is 0 Å². The summed E-state index contributed by atoms with van der Waals surface area (Å²) in [6.07, 6.45) is 8.03. The van der Waals surface area contributed by atoms with Gasteiger partial charge in [0.25, 0.3) is 0 Å². The summed E-state index contributed by atoms with van der Waals surface area (Å²) < 4.78 is 7.99. The van der Waals surface area contributed by atoms with E-state index in [0.717, 1.165) is 65.0 Å². The Kier molecular flexibility index (Phi) is 3.89. The Labute approximate surface area is 137 Å². The van der Waals surface area contributed by atoms with Crippen LogP contribution in [0.5, 0.6) is 0 Å². The lowest BCUT2D eigenvalue weighted by molar-refractivity contribution is -0.139. The second kappa shape index (κ2) is 5.91. The summed E-state index contributed by atoms with van der Waals surface area (Å²) in [5, 5.41) is 4.23. The average molecular weight is 318 g/mol. The average Bonchev–Trinajstić information content (AvgIpc) is 3.18. The first-order valence-corrected chi connectivity index (χ1v) is 8.76. The highest BCUT2D eigenvalue weighted by Gasteiger charge is 2.52. The van der Waals surface area contributed by atoms with Crippen LogP contribution in [0.3, 0.4) is 0 Å². The van der Waals surface area contributed by atoms with Gasteiger partial charge < -0.3 is 9.64 Å². The van der Waals surface area contributed by atoms with Crippen molar-refractivity contribution in [1.82, 2.24) is 19.6 Å². The van der Waals surface area contributed by atoms with Crippen molar-refractivity contribution in [3.05, 3.63) is 18.0 Å². The molecule has 1 amide bonds. The van der Waals surface area contributed by atoms with Crippen LogP contribution in [0.1, 0.15) is 31.2 Å². The van der Waals surface area contributed by atoms with Crippen molar-refractivity contribution < 1.29 is 9.53 Å². The van der Waals surface area contributed by atoms with Gasteiger partial charge in [0.2, 0.25) is 5.91 Å². The van der Waals surface area contributed by atoms with Crippen molar-refractivity contribution in [2.24, 2.45) is 13.0 Å². The van der Waals surface area contributed by atoms with Gasteiger partial charge in [-0.2, -0.15) is 5.10 Å². The summed E-state index contributed by atoms with van der Waals surface area (Å²) in [6.45, 7) is 5.72. The van der Waals surface area contributed by atoms with Crippen molar-refractivity contribution in [1.29, 1.82) is 0 Å². The topological polar surface area (TPSA) is 50.6 Å². The molecule has 3 aliphatic rings. The minimum Gasteiger partial charge on any atom is -0.372 e. The number of hydrogen-bond acceptors (Lipinski definition) is 4. The molecule has 0 bridgehead atoms. The highest BCUT2D eigenvalue weighted by atomic mass is 16.5. The number of amides is 1. The molecule has 0 N–H and O–H groups in total. The van der Waals surface area contributed by atoms with Crippen molar-refractivity contribution in [3.8, 4) is 0 Å². The quantitative estimate of drug-likeness (QED) is 0.813. The van der Waals surface area contributed by atoms with Crippen molar-refractivity contribution >= 4 is 5.91 Å². The molecule has 6 heteroatoms. The Morgan fingerprint density at radius 3 is 3.00 bits per heavy atom. The van der Waals surface area contributed by atoms with E-state index in [-0.39, 0.29) is 5.60 Å². The van der Waals surface area contributed by atoms with E-state index in [0.29, 0.717) is 11.8 Å². The molecule has 4 rings (SSSR count). The number of carbonyl (C=O) groups is 1. The molecule has 1 aromatic rings. The van der Waals surface area contributed by atoms with Gasteiger partial charge in [-0.05, 0) is 25.2 Å². The SMILES string of the molecule is Cn1cc(CN2CC3(C2)OCC[C@H]3CCN2CCCC2=O)cn1. The summed E-state index contributed by atoms with van der Waals surface area (Å²) in [6, 6.07) is 0. The third-order valence-corrected chi connectivity index (χ3v) is 5.67. The molecule has 3 aliphatic heterocycles. The number of aromatic nitrogens is 2. The standard InChI is InChI=1S/C17H26N4O2/c1-19-10-14(9-18-19)11-20-12-17(13-20)15(5-8-23-17)4-7-21-6-2-3-16(21)22/h9-10,15H,2-8,11-13H2,1H3/t15-/m1/s1. The summed E-state index contributed by atoms with van der Waals surface area (Å²) in [5.41, 5.74) is 1.31. The fourth-order valence-electron chi connectivity index (χ4n) is 4.43. The van der Waals surface area contributed by atoms with E-state index in [4.69, 9.17) is 4.74 Å². The third kappa shape index (κ3) is 2.90. The van der Waals surface area contributed by atoms with Crippen LogP contribution < -0.4 is 0 Å². The molecule has 6 nitrogen and oxygen atoms in total. The Morgan fingerprint density at radius 1 is 1.43 bits per heavy atom. The Morgan fingerprint density at radius 2 is 2.30 bits per heavy atom. The normalized spacial score (nSPS) is 27.1. The van der Waals surface area contributed by atoms with Crippen molar-refractivity contribution in [2.75, 3.05) is 32.8 Å². The van der Waals surface area contributed by atoms with Gasteiger partial charge in [0.15, 0.2) is 0 Å². The molecular weight excluding hydrogens is 292 g/mol. The molecule has 1 atom stereocenters. The van der Waals surface area contributed by atoms with Gasteiger partial charge in [0.1, 0.15) is 0 Å². The lowest BCUT2D eigenvalue weighted by Crippen LogP contribution is -2.64. The molecule has 0 saturated carbocycles. The molecule has 0 aromatic carbocycles. The van der Waals surface area contributed by atoms with Crippen LogP contribution in [0.2, 0.25) is 0 Å². The van der Waals surface area contributed by atoms with E-state index in [9.17, 15) is 4.79 Å². The van der Waals surface area contributed by atoms with Gasteiger partial charge in [-0.15, -0.1) is 0 Å². The van der Waals surface area contributed by atoms with Gasteiger partial charge in [0.05, 0.1) is 11.8 Å². The Bertz CT molecular complexity index is 579. The number of carbonyl (C=O) groups excluding carboxylic acids is 1. The number of hydrogen-bond donors (Lipinski definition) is 0. The summed E-state index contributed by atoms with van der Waals surface area (Å²) in [5.74, 6) is 0.936. The molecule has 1 aromatic heterocycles. The predicted octanol–water partition coefficient (Wildman–Crippen LogP) is 1.02. The number of aryl methyl sites for hydroxylation is 1. The van der Waals surface area contributed by atoms with Crippen LogP contribution >= 0.6 is 0 Å². The van der Waals surface area contributed by atoms with Crippen molar-refractivity contribution in [3.63, 3.8) is 0 Å². The molecule has 4 heterocycles. The van der Waals surface area contributed by atoms with Crippen molar-refractivity contribution in [2.45, 2.75) is 37.8 Å². The van der Waals surface area contributed by atoms with E-state index in [1.807, 2.05) is 22.8 Å². The second-order valence-corrected chi connectivity index (χ2v) is 7.34. The molecule has 3 fully saturated rings. The maximum absolute atomic E-state index is 11.8. The first-order chi connectivity index (χ1) is 11.1. The molecule has 3 saturated heterocycles. The fraction of sp³-hybridized carbons (Fsp3) is 0.765. The molecule has 1 spiro atoms. The number of nitrogens with zero attached hydrogens (tertiary/aromatic N) is 4. The van der Waals surface area contributed by atoms with E-state index in [1.165, 1.54) is 5.56 Å². The number of rotatable bonds is 5. The summed E-state index contributed by atoms with van der Waals surface area (Å²) in [4.78, 5) is 16.2. The van der Waals surface area contributed by atoms with Crippen LogP contribution in [-0.4, -0.2) is 63.9 Å². The zero-order valence-electron chi connectivity index (χ0n) is 13.9. The predicted molar refractivity (Wildman–Crippen MR) is 85.7 cm³/mol. The number of likely N-dealkylation sites (tertiary alicyclic amines) is 2. The lowest BCUT2D eigenvalue weighted by Gasteiger charge is -2.50. The first kappa shape index (κ1) is 15.1. The monoisotopic (exact) mass is 318 g/mol. The molecule has 23 heavy (non-hydrogen) atoms. The fourth-order valence-corrected chi connectivity index (χ4v) is 4.43. The second-order valence-electron chi connectivity index (χ2n) is 7.34.